The highest BCUT2D eigenvalue weighted by Gasteiger charge is 2.22. The second-order valence-electron chi connectivity index (χ2n) is 9.08. The van der Waals surface area contributed by atoms with Crippen LogP contribution in [0.25, 0.3) is 0 Å². The van der Waals surface area contributed by atoms with Crippen LogP contribution in [0.3, 0.4) is 0 Å². The molecule has 0 aromatic heterocycles. The monoisotopic (exact) mass is 405 g/mol. The lowest BCUT2D eigenvalue weighted by molar-refractivity contribution is 0.301. The van der Waals surface area contributed by atoms with Crippen molar-refractivity contribution in [1.82, 2.24) is 0 Å². The van der Waals surface area contributed by atoms with Crippen molar-refractivity contribution >= 4 is 0 Å². The molecule has 0 aliphatic heterocycles. The Kier molecular flexibility index (Phi) is 8.94. The molecule has 0 saturated heterocycles. The maximum atomic E-state index is 14.7. The van der Waals surface area contributed by atoms with Gasteiger partial charge in [0.2, 0.25) is 0 Å². The molecule has 2 aromatic rings. The first kappa shape index (κ1) is 22.5. The molecule has 0 spiro atoms. The number of halogens is 1. The van der Waals surface area contributed by atoms with Crippen molar-refractivity contribution in [1.29, 1.82) is 5.26 Å². The van der Waals surface area contributed by atoms with Crippen LogP contribution in [0.15, 0.2) is 42.5 Å². The van der Waals surface area contributed by atoms with Gasteiger partial charge in [0, 0.05) is 0 Å². The van der Waals surface area contributed by atoms with E-state index in [-0.39, 0.29) is 5.82 Å². The Labute approximate surface area is 182 Å². The molecule has 0 bridgehead atoms. The topological polar surface area (TPSA) is 23.8 Å². The van der Waals surface area contributed by atoms with Crippen LogP contribution in [0.1, 0.15) is 99.3 Å². The zero-order chi connectivity index (χ0) is 21.2. The third-order valence-corrected chi connectivity index (χ3v) is 6.88. The quantitative estimate of drug-likeness (QED) is 0.366. The number of hydrogen-bond acceptors (Lipinski definition) is 1. The van der Waals surface area contributed by atoms with E-state index >= 15 is 0 Å². The third kappa shape index (κ3) is 6.69. The number of nitrogens with zero attached hydrogens (tertiary/aromatic N) is 1. The van der Waals surface area contributed by atoms with Crippen molar-refractivity contribution in [2.24, 2.45) is 5.92 Å². The lowest BCUT2D eigenvalue weighted by Crippen LogP contribution is -2.13. The normalized spacial score (nSPS) is 18.8. The van der Waals surface area contributed by atoms with Crippen LogP contribution in [0.2, 0.25) is 0 Å². The molecule has 0 amide bonds. The van der Waals surface area contributed by atoms with Crippen molar-refractivity contribution in [2.45, 2.75) is 89.9 Å². The molecule has 0 radical (unpaired) electrons. The Hall–Kier alpha value is -2.14. The van der Waals surface area contributed by atoms with Crippen molar-refractivity contribution in [2.75, 3.05) is 0 Å². The molecule has 0 unspecified atom stereocenters. The van der Waals surface area contributed by atoms with Crippen molar-refractivity contribution in [3.63, 3.8) is 0 Å². The SMILES string of the molecule is CCCCCCC[C@H]1CC[C@H](c2ccc(CCc3ccc(C#N)cc3)c(F)c2)CC1. The van der Waals surface area contributed by atoms with Gasteiger partial charge in [-0.1, -0.05) is 69.7 Å². The first-order valence-corrected chi connectivity index (χ1v) is 12.0. The van der Waals surface area contributed by atoms with E-state index in [2.05, 4.69) is 19.1 Å². The van der Waals surface area contributed by atoms with Gasteiger partial charge in [-0.25, -0.2) is 4.39 Å². The number of benzene rings is 2. The van der Waals surface area contributed by atoms with E-state index in [1.54, 1.807) is 6.07 Å². The molecule has 3 rings (SSSR count). The lowest BCUT2D eigenvalue weighted by Gasteiger charge is -2.29. The van der Waals surface area contributed by atoms with Crippen molar-refractivity contribution in [3.8, 4) is 6.07 Å². The Morgan fingerprint density at radius 3 is 2.30 bits per heavy atom. The smallest absolute Gasteiger partial charge is 0.126 e. The second kappa shape index (κ2) is 11.9. The molecule has 1 saturated carbocycles. The molecular weight excluding hydrogens is 369 g/mol. The van der Waals surface area contributed by atoms with E-state index in [4.69, 9.17) is 5.26 Å². The number of aryl methyl sites for hydroxylation is 2. The van der Waals surface area contributed by atoms with Crippen LogP contribution >= 0.6 is 0 Å². The van der Waals surface area contributed by atoms with Crippen LogP contribution in [-0.4, -0.2) is 0 Å². The summed E-state index contributed by atoms with van der Waals surface area (Å²) in [6.07, 6.45) is 14.8. The summed E-state index contributed by atoms with van der Waals surface area (Å²) >= 11 is 0. The van der Waals surface area contributed by atoms with E-state index in [0.717, 1.165) is 23.5 Å². The lowest BCUT2D eigenvalue weighted by atomic mass is 9.77. The summed E-state index contributed by atoms with van der Waals surface area (Å²) in [5.41, 5.74) is 3.80. The summed E-state index contributed by atoms with van der Waals surface area (Å²) in [4.78, 5) is 0. The fraction of sp³-hybridized carbons (Fsp3) is 0.536. The Morgan fingerprint density at radius 1 is 0.900 bits per heavy atom. The minimum Gasteiger partial charge on any atom is -0.207 e. The summed E-state index contributed by atoms with van der Waals surface area (Å²) in [6.45, 7) is 2.27. The summed E-state index contributed by atoms with van der Waals surface area (Å²) in [5.74, 6) is 1.36. The van der Waals surface area contributed by atoms with Gasteiger partial charge < -0.3 is 0 Å². The molecule has 30 heavy (non-hydrogen) atoms. The maximum absolute atomic E-state index is 14.7. The number of unbranched alkanes of at least 4 members (excludes halogenated alkanes) is 4. The van der Waals surface area contributed by atoms with Gasteiger partial charge in [-0.15, -0.1) is 0 Å². The van der Waals surface area contributed by atoms with Gasteiger partial charge in [-0.2, -0.15) is 5.26 Å². The average molecular weight is 406 g/mol. The fourth-order valence-corrected chi connectivity index (χ4v) is 4.87. The van der Waals surface area contributed by atoms with E-state index in [9.17, 15) is 4.39 Å². The minimum absolute atomic E-state index is 0.0563. The van der Waals surface area contributed by atoms with Gasteiger partial charge in [0.25, 0.3) is 0 Å². The zero-order valence-corrected chi connectivity index (χ0v) is 18.5. The van der Waals surface area contributed by atoms with Gasteiger partial charge in [-0.05, 0) is 85.3 Å². The van der Waals surface area contributed by atoms with Crippen LogP contribution in [-0.2, 0) is 12.8 Å². The van der Waals surface area contributed by atoms with E-state index < -0.39 is 0 Å². The van der Waals surface area contributed by atoms with Crippen molar-refractivity contribution in [3.05, 3.63) is 70.5 Å². The number of rotatable bonds is 10. The van der Waals surface area contributed by atoms with Crippen molar-refractivity contribution < 1.29 is 4.39 Å². The molecule has 0 atom stereocenters. The summed E-state index contributed by atoms with van der Waals surface area (Å²) < 4.78 is 14.7. The number of nitriles is 1. The van der Waals surface area contributed by atoms with Crippen LogP contribution in [0.4, 0.5) is 4.39 Å². The molecule has 2 aromatic carbocycles. The van der Waals surface area contributed by atoms with E-state index in [1.807, 2.05) is 30.3 Å². The molecule has 1 aliphatic carbocycles. The van der Waals surface area contributed by atoms with Gasteiger partial charge in [-0.3, -0.25) is 0 Å². The standard InChI is InChI=1S/C28H36FN/c1-2-3-4-5-6-7-22-12-15-25(16-13-22)27-19-18-26(28(29)20-27)17-14-23-8-10-24(21-30)11-9-23/h8-11,18-20,22,25H,2-7,12-17H2,1H3/t22-,25-. The summed E-state index contributed by atoms with van der Waals surface area (Å²) in [5, 5.41) is 8.89. The molecule has 0 N–H and O–H groups in total. The zero-order valence-electron chi connectivity index (χ0n) is 18.5. The highest BCUT2D eigenvalue weighted by molar-refractivity contribution is 5.33. The predicted octanol–water partition coefficient (Wildman–Crippen LogP) is 8.12. The molecule has 160 valence electrons. The van der Waals surface area contributed by atoms with E-state index in [1.165, 1.54) is 69.8 Å². The number of hydrogen-bond donors (Lipinski definition) is 0. The average Bonchev–Trinajstić information content (AvgIpc) is 2.79. The van der Waals surface area contributed by atoms with Gasteiger partial charge in [0.15, 0.2) is 0 Å². The summed E-state index contributed by atoms with van der Waals surface area (Å²) in [6, 6.07) is 15.7. The first-order valence-electron chi connectivity index (χ1n) is 12.0. The Balaban J connectivity index is 1.45. The minimum atomic E-state index is -0.0563. The van der Waals surface area contributed by atoms with Gasteiger partial charge >= 0.3 is 0 Å². The van der Waals surface area contributed by atoms with Crippen LogP contribution in [0, 0.1) is 23.1 Å². The van der Waals surface area contributed by atoms with Gasteiger partial charge in [0.05, 0.1) is 11.6 Å². The molecular formula is C28H36FN. The third-order valence-electron chi connectivity index (χ3n) is 6.88. The highest BCUT2D eigenvalue weighted by Crippen LogP contribution is 2.38. The molecule has 1 aliphatic rings. The largest absolute Gasteiger partial charge is 0.207 e. The first-order chi connectivity index (χ1) is 14.7. The molecule has 2 heteroatoms. The molecule has 1 fully saturated rings. The maximum Gasteiger partial charge on any atom is 0.126 e. The Morgan fingerprint density at radius 2 is 1.63 bits per heavy atom. The molecule has 1 nitrogen and oxygen atoms in total. The van der Waals surface area contributed by atoms with Gasteiger partial charge in [0.1, 0.15) is 5.82 Å². The fourth-order valence-electron chi connectivity index (χ4n) is 4.87. The molecule has 0 heterocycles. The van der Waals surface area contributed by atoms with E-state index in [0.29, 0.717) is 17.9 Å². The predicted molar refractivity (Wildman–Crippen MR) is 123 cm³/mol. The van der Waals surface area contributed by atoms with Crippen LogP contribution in [0.5, 0.6) is 0 Å². The highest BCUT2D eigenvalue weighted by atomic mass is 19.1. The summed E-state index contributed by atoms with van der Waals surface area (Å²) in [7, 11) is 0. The van der Waals surface area contributed by atoms with Crippen LogP contribution < -0.4 is 0 Å². The second-order valence-corrected chi connectivity index (χ2v) is 9.08. The Bertz CT molecular complexity index is 810.